The van der Waals surface area contributed by atoms with E-state index < -0.39 is 0 Å². The van der Waals surface area contributed by atoms with E-state index in [-0.39, 0.29) is 22.7 Å². The van der Waals surface area contributed by atoms with Gasteiger partial charge in [0.25, 0.3) is 5.69 Å². The fraction of sp³-hybridized carbons (Fsp3) is 0.125. The number of hydrogen-bond acceptors (Lipinski definition) is 5. The van der Waals surface area contributed by atoms with Crippen molar-refractivity contribution in [3.05, 3.63) is 142 Å². The predicted octanol–water partition coefficient (Wildman–Crippen LogP) is 7.73. The van der Waals surface area contributed by atoms with Gasteiger partial charge in [-0.25, -0.2) is 0 Å². The molecule has 3 aromatic carbocycles. The molecule has 1 aliphatic rings. The number of nitrogens with one attached hydrogen (secondary N) is 1. The normalized spacial score (nSPS) is 16.5. The van der Waals surface area contributed by atoms with E-state index in [0.29, 0.717) is 5.11 Å². The molecule has 0 radical (unpaired) electrons. The van der Waals surface area contributed by atoms with Gasteiger partial charge in [-0.2, -0.15) is 0 Å². The van der Waals surface area contributed by atoms with Crippen LogP contribution in [0.2, 0.25) is 0 Å². The fourth-order valence-corrected chi connectivity index (χ4v) is 6.62. The van der Waals surface area contributed by atoms with E-state index in [0.717, 1.165) is 38.2 Å². The highest BCUT2D eigenvalue weighted by atomic mass is 32.2. The molecule has 0 unspecified atom stereocenters. The molecule has 2 atom stereocenters. The van der Waals surface area contributed by atoms with Crippen LogP contribution in [-0.2, 0) is 0 Å². The largest absolute Gasteiger partial charge is 0.351 e. The quantitative estimate of drug-likeness (QED) is 0.121. The molecule has 3 heterocycles. The molecule has 5 aromatic rings. The number of aromatic nitrogens is 2. The van der Waals surface area contributed by atoms with Gasteiger partial charge in [-0.15, -0.1) is 0 Å². The highest BCUT2D eigenvalue weighted by molar-refractivity contribution is 7.99. The minimum atomic E-state index is -0.387. The summed E-state index contributed by atoms with van der Waals surface area (Å²) < 4.78 is 2.29. The Labute approximate surface area is 248 Å². The summed E-state index contributed by atoms with van der Waals surface area (Å²) in [6.07, 6.45) is 1.82. The molecule has 0 amide bonds. The minimum Gasteiger partial charge on any atom is -0.351 e. The summed E-state index contributed by atoms with van der Waals surface area (Å²) >= 11 is 7.50. The standard InChI is InChI=1S/C32H27N5O2S2/c1-21-20-28(22(2)35(21)23-8-4-3-5-9-23)31-30(29-10-6-7-19-33-29)34-32(40)36(31)24-11-15-26(16-12-24)41-27-17-13-25(14-18-27)37(38)39/h3-20,30-31H,1-2H3,(H,34,40)/t30-,31-/m1/s1. The SMILES string of the molecule is Cc1cc([C@@H]2[C@@H](c3ccccn3)NC(=S)N2c2ccc(Sc3ccc([N+](=O)[O-])cc3)cc2)c(C)n1-c1ccccc1. The topological polar surface area (TPSA) is 76.2 Å². The maximum atomic E-state index is 11.0. The van der Waals surface area contributed by atoms with Gasteiger partial charge in [0, 0.05) is 50.9 Å². The Morgan fingerprint density at radius 2 is 1.54 bits per heavy atom. The van der Waals surface area contributed by atoms with Gasteiger partial charge in [0.05, 0.1) is 22.7 Å². The zero-order chi connectivity index (χ0) is 28.5. The van der Waals surface area contributed by atoms with E-state index in [1.54, 1.807) is 23.9 Å². The van der Waals surface area contributed by atoms with Crippen molar-refractivity contribution in [3.8, 4) is 5.69 Å². The number of thiocarbonyl (C=S) groups is 1. The van der Waals surface area contributed by atoms with Crippen LogP contribution in [0.25, 0.3) is 5.69 Å². The van der Waals surface area contributed by atoms with Crippen molar-refractivity contribution in [1.82, 2.24) is 14.9 Å². The molecule has 0 aliphatic carbocycles. The summed E-state index contributed by atoms with van der Waals surface area (Å²) in [5, 5.41) is 15.2. The summed E-state index contributed by atoms with van der Waals surface area (Å²) in [7, 11) is 0. The second kappa shape index (κ2) is 11.2. The lowest BCUT2D eigenvalue weighted by atomic mass is 9.96. The second-order valence-corrected chi connectivity index (χ2v) is 11.4. The van der Waals surface area contributed by atoms with E-state index in [4.69, 9.17) is 17.2 Å². The molecule has 0 bridgehead atoms. The van der Waals surface area contributed by atoms with Crippen LogP contribution in [0.5, 0.6) is 0 Å². The molecule has 1 fully saturated rings. The Morgan fingerprint density at radius 1 is 0.878 bits per heavy atom. The molecule has 41 heavy (non-hydrogen) atoms. The van der Waals surface area contributed by atoms with Gasteiger partial charge < -0.3 is 14.8 Å². The smallest absolute Gasteiger partial charge is 0.269 e. The number of nitro benzene ring substituents is 1. The fourth-order valence-electron chi connectivity index (χ4n) is 5.46. The van der Waals surface area contributed by atoms with Crippen LogP contribution in [0.1, 0.15) is 34.7 Å². The Kier molecular flexibility index (Phi) is 7.30. The first-order chi connectivity index (χ1) is 19.9. The van der Waals surface area contributed by atoms with E-state index in [9.17, 15) is 10.1 Å². The molecule has 0 saturated carbocycles. The van der Waals surface area contributed by atoms with Gasteiger partial charge in [0.2, 0.25) is 0 Å². The van der Waals surface area contributed by atoms with E-state index in [1.165, 1.54) is 17.7 Å². The Hall–Kier alpha value is -4.47. The number of nitrogens with zero attached hydrogens (tertiary/aromatic N) is 4. The molecule has 2 aromatic heterocycles. The first-order valence-electron chi connectivity index (χ1n) is 13.2. The highest BCUT2D eigenvalue weighted by Crippen LogP contribution is 2.44. The van der Waals surface area contributed by atoms with Gasteiger partial charge in [-0.1, -0.05) is 36.0 Å². The van der Waals surface area contributed by atoms with Crippen LogP contribution >= 0.6 is 24.0 Å². The monoisotopic (exact) mass is 577 g/mol. The van der Waals surface area contributed by atoms with E-state index in [2.05, 4.69) is 83.2 Å². The average molecular weight is 578 g/mol. The van der Waals surface area contributed by atoms with Gasteiger partial charge in [0.1, 0.15) is 0 Å². The van der Waals surface area contributed by atoms with Crippen molar-refractivity contribution in [2.24, 2.45) is 0 Å². The third-order valence-corrected chi connectivity index (χ3v) is 8.63. The second-order valence-electron chi connectivity index (χ2n) is 9.84. The molecule has 204 valence electrons. The molecule has 0 spiro atoms. The molecule has 1 N–H and O–H groups in total. The summed E-state index contributed by atoms with van der Waals surface area (Å²) in [6, 6.07) is 33.2. The van der Waals surface area contributed by atoms with Crippen LogP contribution < -0.4 is 10.2 Å². The Balaban J connectivity index is 1.37. The maximum Gasteiger partial charge on any atom is 0.269 e. The zero-order valence-corrected chi connectivity index (χ0v) is 24.1. The number of anilines is 1. The summed E-state index contributed by atoms with van der Waals surface area (Å²) in [6.45, 7) is 4.29. The van der Waals surface area contributed by atoms with Crippen molar-refractivity contribution < 1.29 is 4.92 Å². The molecule has 1 aliphatic heterocycles. The highest BCUT2D eigenvalue weighted by Gasteiger charge is 2.42. The van der Waals surface area contributed by atoms with Crippen molar-refractivity contribution in [2.45, 2.75) is 35.7 Å². The van der Waals surface area contributed by atoms with Crippen molar-refractivity contribution in [2.75, 3.05) is 4.90 Å². The number of aryl methyl sites for hydroxylation is 1. The molecule has 1 saturated heterocycles. The maximum absolute atomic E-state index is 11.0. The van der Waals surface area contributed by atoms with Gasteiger partial charge in [-0.05, 0) is 98.4 Å². The molecule has 9 heteroatoms. The molecular weight excluding hydrogens is 551 g/mol. The number of nitro groups is 1. The third-order valence-electron chi connectivity index (χ3n) is 7.30. The predicted molar refractivity (Wildman–Crippen MR) is 167 cm³/mol. The number of pyridine rings is 1. The van der Waals surface area contributed by atoms with Crippen LogP contribution in [0.15, 0.2) is 119 Å². The molecule has 6 rings (SSSR count). The van der Waals surface area contributed by atoms with Crippen LogP contribution in [-0.4, -0.2) is 19.6 Å². The Morgan fingerprint density at radius 3 is 2.17 bits per heavy atom. The lowest BCUT2D eigenvalue weighted by Crippen LogP contribution is -2.29. The van der Waals surface area contributed by atoms with Crippen LogP contribution in [0, 0.1) is 24.0 Å². The zero-order valence-electron chi connectivity index (χ0n) is 22.5. The number of benzene rings is 3. The third kappa shape index (κ3) is 5.21. The average Bonchev–Trinajstić information content (AvgIpc) is 3.49. The summed E-state index contributed by atoms with van der Waals surface area (Å²) in [5.41, 5.74) is 6.59. The first-order valence-corrected chi connectivity index (χ1v) is 14.4. The van der Waals surface area contributed by atoms with E-state index in [1.807, 2.05) is 30.5 Å². The van der Waals surface area contributed by atoms with Crippen LogP contribution in [0.3, 0.4) is 0 Å². The van der Waals surface area contributed by atoms with Gasteiger partial charge in [-0.3, -0.25) is 15.1 Å². The summed E-state index contributed by atoms with van der Waals surface area (Å²) in [4.78, 5) is 19.4. The summed E-state index contributed by atoms with van der Waals surface area (Å²) in [5.74, 6) is 0. The minimum absolute atomic E-state index is 0.0832. The first kappa shape index (κ1) is 26.7. The number of hydrogen-bond donors (Lipinski definition) is 1. The lowest BCUT2D eigenvalue weighted by Gasteiger charge is -2.28. The van der Waals surface area contributed by atoms with Crippen molar-refractivity contribution in [3.63, 3.8) is 0 Å². The number of non-ortho nitro benzene ring substituents is 1. The molecular formula is C32H27N5O2S2. The van der Waals surface area contributed by atoms with Gasteiger partial charge >= 0.3 is 0 Å². The Bertz CT molecular complexity index is 1710. The van der Waals surface area contributed by atoms with Crippen molar-refractivity contribution in [1.29, 1.82) is 0 Å². The molecule has 7 nitrogen and oxygen atoms in total. The number of rotatable bonds is 7. The van der Waals surface area contributed by atoms with Gasteiger partial charge in [0.15, 0.2) is 5.11 Å². The van der Waals surface area contributed by atoms with Crippen molar-refractivity contribution >= 4 is 40.5 Å². The number of para-hydroxylation sites is 1. The van der Waals surface area contributed by atoms with E-state index >= 15 is 0 Å². The lowest BCUT2D eigenvalue weighted by molar-refractivity contribution is -0.384. The van der Waals surface area contributed by atoms with Crippen LogP contribution in [0.4, 0.5) is 11.4 Å².